The van der Waals surface area contributed by atoms with Crippen molar-refractivity contribution < 1.29 is 23.8 Å². The Hall–Kier alpha value is -3.42. The normalized spacial score (nSPS) is 11.6. The van der Waals surface area contributed by atoms with Gasteiger partial charge in [0, 0.05) is 31.8 Å². The largest absolute Gasteiger partial charge is 0.489 e. The zero-order chi connectivity index (χ0) is 19.1. The molecule has 0 aliphatic carbocycles. The number of carbonyl (C=O) groups is 2. The van der Waals surface area contributed by atoms with E-state index in [1.807, 2.05) is 24.3 Å². The number of nitrogens with one attached hydrogen (secondary N) is 3. The van der Waals surface area contributed by atoms with E-state index < -0.39 is 0 Å². The molecule has 142 valence electrons. The van der Waals surface area contributed by atoms with Gasteiger partial charge in [0.2, 0.25) is 12.7 Å². The molecule has 1 heterocycles. The lowest BCUT2D eigenvalue weighted by molar-refractivity contribution is -0.118. The molecule has 8 nitrogen and oxygen atoms in total. The SMILES string of the molecule is CC(=O)NCCNC(=O)Nc1cccc(COc2ccc3c(c2)OCO3)c1. The van der Waals surface area contributed by atoms with Crippen molar-refractivity contribution in [1.29, 1.82) is 0 Å². The lowest BCUT2D eigenvalue weighted by Crippen LogP contribution is -2.36. The number of rotatable bonds is 7. The first-order chi connectivity index (χ1) is 13.1. The Balaban J connectivity index is 1.48. The van der Waals surface area contributed by atoms with E-state index in [0.29, 0.717) is 42.6 Å². The van der Waals surface area contributed by atoms with E-state index >= 15 is 0 Å². The van der Waals surface area contributed by atoms with Gasteiger partial charge in [0.15, 0.2) is 11.5 Å². The standard InChI is InChI=1S/C19H21N3O5/c1-13(23)20-7-8-21-19(24)22-15-4-2-3-14(9-15)11-25-16-5-6-17-18(10-16)27-12-26-17/h2-6,9-10H,7-8,11-12H2,1H3,(H,20,23)(H2,21,22,24). The van der Waals surface area contributed by atoms with Gasteiger partial charge in [0.25, 0.3) is 0 Å². The number of benzene rings is 2. The number of anilines is 1. The van der Waals surface area contributed by atoms with Crippen molar-refractivity contribution in [2.45, 2.75) is 13.5 Å². The van der Waals surface area contributed by atoms with E-state index in [4.69, 9.17) is 14.2 Å². The third-order valence-electron chi connectivity index (χ3n) is 3.72. The smallest absolute Gasteiger partial charge is 0.319 e. The van der Waals surface area contributed by atoms with Gasteiger partial charge in [-0.1, -0.05) is 12.1 Å². The summed E-state index contributed by atoms with van der Waals surface area (Å²) in [7, 11) is 0. The van der Waals surface area contributed by atoms with Gasteiger partial charge in [-0.3, -0.25) is 4.79 Å². The first-order valence-electron chi connectivity index (χ1n) is 8.51. The van der Waals surface area contributed by atoms with Gasteiger partial charge < -0.3 is 30.2 Å². The van der Waals surface area contributed by atoms with E-state index in [2.05, 4.69) is 16.0 Å². The van der Waals surface area contributed by atoms with Crippen LogP contribution in [-0.4, -0.2) is 31.8 Å². The maximum atomic E-state index is 11.9. The molecule has 3 N–H and O–H groups in total. The van der Waals surface area contributed by atoms with E-state index in [-0.39, 0.29) is 18.7 Å². The van der Waals surface area contributed by atoms with Crippen LogP contribution in [0.2, 0.25) is 0 Å². The average molecular weight is 371 g/mol. The topological polar surface area (TPSA) is 97.9 Å². The fourth-order valence-electron chi connectivity index (χ4n) is 2.46. The molecule has 2 aromatic carbocycles. The fraction of sp³-hybridized carbons (Fsp3) is 0.263. The quantitative estimate of drug-likeness (QED) is 0.649. The van der Waals surface area contributed by atoms with Crippen LogP contribution in [0, 0.1) is 0 Å². The molecule has 0 saturated heterocycles. The summed E-state index contributed by atoms with van der Waals surface area (Å²) in [6, 6.07) is 12.4. The zero-order valence-corrected chi connectivity index (χ0v) is 14.9. The molecule has 0 spiro atoms. The van der Waals surface area contributed by atoms with E-state index in [0.717, 1.165) is 5.56 Å². The van der Waals surface area contributed by atoms with Crippen molar-refractivity contribution in [3.63, 3.8) is 0 Å². The van der Waals surface area contributed by atoms with Crippen LogP contribution in [-0.2, 0) is 11.4 Å². The van der Waals surface area contributed by atoms with E-state index in [1.165, 1.54) is 6.92 Å². The van der Waals surface area contributed by atoms with Gasteiger partial charge in [-0.15, -0.1) is 0 Å². The number of ether oxygens (including phenoxy) is 3. The molecule has 2 aromatic rings. The highest BCUT2D eigenvalue weighted by atomic mass is 16.7. The summed E-state index contributed by atoms with van der Waals surface area (Å²) < 4.78 is 16.4. The number of carbonyl (C=O) groups excluding carboxylic acids is 2. The van der Waals surface area contributed by atoms with E-state index in [9.17, 15) is 9.59 Å². The van der Waals surface area contributed by atoms with Gasteiger partial charge in [0.05, 0.1) is 0 Å². The van der Waals surface area contributed by atoms with Crippen LogP contribution in [0.1, 0.15) is 12.5 Å². The second kappa shape index (κ2) is 8.79. The minimum atomic E-state index is -0.339. The fourth-order valence-corrected chi connectivity index (χ4v) is 2.46. The molecule has 1 aliphatic heterocycles. The Bertz CT molecular complexity index is 825. The summed E-state index contributed by atoms with van der Waals surface area (Å²) in [6.07, 6.45) is 0. The molecule has 0 unspecified atom stereocenters. The Morgan fingerprint density at radius 1 is 1.04 bits per heavy atom. The molecule has 3 rings (SSSR count). The molecular formula is C19H21N3O5. The van der Waals surface area contributed by atoms with Crippen molar-refractivity contribution in [2.24, 2.45) is 0 Å². The van der Waals surface area contributed by atoms with Crippen LogP contribution in [0.25, 0.3) is 0 Å². The monoisotopic (exact) mass is 371 g/mol. The van der Waals surface area contributed by atoms with Gasteiger partial charge in [-0.05, 0) is 29.8 Å². The highest BCUT2D eigenvalue weighted by molar-refractivity contribution is 5.89. The van der Waals surface area contributed by atoms with Gasteiger partial charge >= 0.3 is 6.03 Å². The first-order valence-corrected chi connectivity index (χ1v) is 8.51. The summed E-state index contributed by atoms with van der Waals surface area (Å²) in [4.78, 5) is 22.6. The lowest BCUT2D eigenvalue weighted by Gasteiger charge is -2.10. The highest BCUT2D eigenvalue weighted by Crippen LogP contribution is 2.35. The second-order valence-electron chi connectivity index (χ2n) is 5.87. The minimum Gasteiger partial charge on any atom is -0.489 e. The number of urea groups is 1. The minimum absolute atomic E-state index is 0.132. The molecule has 0 saturated carbocycles. The number of amides is 3. The summed E-state index contributed by atoms with van der Waals surface area (Å²) in [5, 5.41) is 8.02. The predicted molar refractivity (Wildman–Crippen MR) is 99.0 cm³/mol. The number of fused-ring (bicyclic) bond motifs is 1. The highest BCUT2D eigenvalue weighted by Gasteiger charge is 2.13. The van der Waals surface area contributed by atoms with Crippen molar-refractivity contribution in [3.8, 4) is 17.2 Å². The summed E-state index contributed by atoms with van der Waals surface area (Å²) in [5.41, 5.74) is 1.56. The van der Waals surface area contributed by atoms with Crippen LogP contribution in [0.4, 0.5) is 10.5 Å². The van der Waals surface area contributed by atoms with Crippen LogP contribution in [0.15, 0.2) is 42.5 Å². The van der Waals surface area contributed by atoms with Gasteiger partial charge in [-0.2, -0.15) is 0 Å². The molecule has 0 aromatic heterocycles. The van der Waals surface area contributed by atoms with Crippen LogP contribution < -0.4 is 30.2 Å². The Morgan fingerprint density at radius 3 is 2.70 bits per heavy atom. The van der Waals surface area contributed by atoms with Crippen molar-refractivity contribution >= 4 is 17.6 Å². The second-order valence-corrected chi connectivity index (χ2v) is 5.87. The molecule has 0 atom stereocenters. The molecule has 27 heavy (non-hydrogen) atoms. The summed E-state index contributed by atoms with van der Waals surface area (Å²) in [5.74, 6) is 1.91. The third-order valence-corrected chi connectivity index (χ3v) is 3.72. The molecule has 0 fully saturated rings. The van der Waals surface area contributed by atoms with Crippen LogP contribution >= 0.6 is 0 Å². The van der Waals surface area contributed by atoms with Crippen molar-refractivity contribution in [3.05, 3.63) is 48.0 Å². The molecule has 0 bridgehead atoms. The first kappa shape index (κ1) is 18.4. The maximum absolute atomic E-state index is 11.9. The van der Waals surface area contributed by atoms with Gasteiger partial charge in [-0.25, -0.2) is 4.79 Å². The Labute approximate surface area is 156 Å². The number of hydrogen-bond acceptors (Lipinski definition) is 5. The summed E-state index contributed by atoms with van der Waals surface area (Å²) >= 11 is 0. The molecule has 0 radical (unpaired) electrons. The Morgan fingerprint density at radius 2 is 1.85 bits per heavy atom. The molecular weight excluding hydrogens is 350 g/mol. The third kappa shape index (κ3) is 5.53. The number of hydrogen-bond donors (Lipinski definition) is 3. The molecule has 1 aliphatic rings. The summed E-state index contributed by atoms with van der Waals surface area (Å²) in [6.45, 7) is 2.72. The van der Waals surface area contributed by atoms with E-state index in [1.54, 1.807) is 18.2 Å². The van der Waals surface area contributed by atoms with Crippen molar-refractivity contribution in [2.75, 3.05) is 25.2 Å². The van der Waals surface area contributed by atoms with Crippen molar-refractivity contribution in [1.82, 2.24) is 10.6 Å². The molecule has 3 amide bonds. The maximum Gasteiger partial charge on any atom is 0.319 e. The molecule has 8 heteroatoms. The van der Waals surface area contributed by atoms with Crippen LogP contribution in [0.3, 0.4) is 0 Å². The average Bonchev–Trinajstić information content (AvgIpc) is 3.11. The Kier molecular flexibility index (Phi) is 5.98. The van der Waals surface area contributed by atoms with Gasteiger partial charge in [0.1, 0.15) is 12.4 Å². The van der Waals surface area contributed by atoms with Crippen LogP contribution in [0.5, 0.6) is 17.2 Å². The predicted octanol–water partition coefficient (Wildman–Crippen LogP) is 2.25. The zero-order valence-electron chi connectivity index (χ0n) is 14.9. The lowest BCUT2D eigenvalue weighted by atomic mass is 10.2.